The maximum Gasteiger partial charge on any atom is 0.261 e. The zero-order valence-electron chi connectivity index (χ0n) is 17.7. The van der Waals surface area contributed by atoms with Gasteiger partial charge in [-0.25, -0.2) is 9.07 Å². The fourth-order valence-electron chi connectivity index (χ4n) is 3.88. The van der Waals surface area contributed by atoms with Crippen molar-refractivity contribution < 1.29 is 9.18 Å². The standard InChI is InChI=1S/C26H20BrFN4O/c1-16-3-2-4-21(13-16)30-26(33)22-15-29-32-24(18-7-11-20(28)12-8-18)14-23(31-25(22)32)17-5-9-19(27)10-6-17/h2-15,24,31H,1H3,(H,30,33)/t24-/m1/s1. The maximum absolute atomic E-state index is 13.6. The first kappa shape index (κ1) is 21.2. The van der Waals surface area contributed by atoms with Crippen molar-refractivity contribution in [2.45, 2.75) is 13.0 Å². The summed E-state index contributed by atoms with van der Waals surface area (Å²) in [7, 11) is 0. The first-order valence-corrected chi connectivity index (χ1v) is 11.2. The molecule has 1 amide bonds. The van der Waals surface area contributed by atoms with Gasteiger partial charge in [0.05, 0.1) is 12.2 Å². The van der Waals surface area contributed by atoms with Gasteiger partial charge in [0.2, 0.25) is 0 Å². The summed E-state index contributed by atoms with van der Waals surface area (Å²) < 4.78 is 16.3. The zero-order valence-corrected chi connectivity index (χ0v) is 19.3. The highest BCUT2D eigenvalue weighted by atomic mass is 79.9. The summed E-state index contributed by atoms with van der Waals surface area (Å²) in [6, 6.07) is 21.6. The van der Waals surface area contributed by atoms with Crippen LogP contribution in [0, 0.1) is 12.7 Å². The van der Waals surface area contributed by atoms with Crippen molar-refractivity contribution in [2.75, 3.05) is 10.6 Å². The van der Waals surface area contributed by atoms with Gasteiger partial charge in [-0.05, 0) is 66.1 Å². The van der Waals surface area contributed by atoms with Gasteiger partial charge in [-0.2, -0.15) is 5.10 Å². The maximum atomic E-state index is 13.6. The van der Waals surface area contributed by atoms with Gasteiger partial charge in [-0.1, -0.05) is 52.3 Å². The van der Waals surface area contributed by atoms with E-state index in [1.165, 1.54) is 12.1 Å². The van der Waals surface area contributed by atoms with Crippen LogP contribution in [0.4, 0.5) is 15.9 Å². The quantitative estimate of drug-likeness (QED) is 0.339. The number of allylic oxidation sites excluding steroid dienone is 1. The Balaban J connectivity index is 1.55. The summed E-state index contributed by atoms with van der Waals surface area (Å²) in [5, 5.41) is 10.8. The van der Waals surface area contributed by atoms with Crippen LogP contribution in [0.5, 0.6) is 0 Å². The van der Waals surface area contributed by atoms with Crippen molar-refractivity contribution in [3.63, 3.8) is 0 Å². The first-order valence-electron chi connectivity index (χ1n) is 10.4. The average Bonchev–Trinajstić information content (AvgIpc) is 3.24. The molecule has 5 nitrogen and oxygen atoms in total. The Morgan fingerprint density at radius 1 is 1.09 bits per heavy atom. The topological polar surface area (TPSA) is 59.0 Å². The van der Waals surface area contributed by atoms with E-state index in [1.54, 1.807) is 23.0 Å². The molecule has 1 aromatic heterocycles. The van der Waals surface area contributed by atoms with E-state index >= 15 is 0 Å². The Bertz CT molecular complexity index is 1360. The second kappa shape index (κ2) is 8.67. The highest BCUT2D eigenvalue weighted by Crippen LogP contribution is 2.35. The van der Waals surface area contributed by atoms with Gasteiger partial charge in [-0.3, -0.25) is 4.79 Å². The van der Waals surface area contributed by atoms with Gasteiger partial charge in [-0.15, -0.1) is 0 Å². The Kier molecular flexibility index (Phi) is 5.56. The summed E-state index contributed by atoms with van der Waals surface area (Å²) in [5.74, 6) is 0.0165. The number of amides is 1. The van der Waals surface area contributed by atoms with Crippen LogP contribution in [-0.4, -0.2) is 15.7 Å². The third-order valence-corrected chi connectivity index (χ3v) is 6.05. The number of hydrogen-bond donors (Lipinski definition) is 2. The molecule has 0 fully saturated rings. The van der Waals surface area contributed by atoms with Crippen LogP contribution in [0.1, 0.15) is 33.1 Å². The van der Waals surface area contributed by atoms with Gasteiger partial charge in [0.15, 0.2) is 0 Å². The summed E-state index contributed by atoms with van der Waals surface area (Å²) in [6.07, 6.45) is 3.58. The molecular weight excluding hydrogens is 483 g/mol. The van der Waals surface area contributed by atoms with Crippen LogP contribution < -0.4 is 10.6 Å². The van der Waals surface area contributed by atoms with Crippen molar-refractivity contribution in [1.82, 2.24) is 9.78 Å². The molecule has 0 saturated carbocycles. The molecule has 0 aliphatic carbocycles. The lowest BCUT2D eigenvalue weighted by Gasteiger charge is -2.26. The summed E-state index contributed by atoms with van der Waals surface area (Å²) in [4.78, 5) is 13.2. The number of nitrogens with one attached hydrogen (secondary N) is 2. The number of nitrogens with zero attached hydrogens (tertiary/aromatic N) is 2. The molecule has 1 atom stereocenters. The van der Waals surface area contributed by atoms with E-state index in [-0.39, 0.29) is 17.8 Å². The van der Waals surface area contributed by atoms with Crippen LogP contribution in [0.3, 0.4) is 0 Å². The number of halogens is 2. The van der Waals surface area contributed by atoms with Gasteiger partial charge < -0.3 is 10.6 Å². The highest BCUT2D eigenvalue weighted by Gasteiger charge is 2.28. The van der Waals surface area contributed by atoms with Gasteiger partial charge in [0.25, 0.3) is 5.91 Å². The number of hydrogen-bond acceptors (Lipinski definition) is 3. The van der Waals surface area contributed by atoms with Crippen LogP contribution in [0.25, 0.3) is 5.70 Å². The predicted octanol–water partition coefficient (Wildman–Crippen LogP) is 6.40. The number of rotatable bonds is 4. The van der Waals surface area contributed by atoms with Crippen molar-refractivity contribution in [3.8, 4) is 0 Å². The minimum absolute atomic E-state index is 0.260. The van der Waals surface area contributed by atoms with E-state index in [1.807, 2.05) is 61.5 Å². The van der Waals surface area contributed by atoms with E-state index in [2.05, 4.69) is 31.7 Å². The predicted molar refractivity (Wildman–Crippen MR) is 132 cm³/mol. The largest absolute Gasteiger partial charge is 0.339 e. The first-order chi connectivity index (χ1) is 16.0. The molecule has 0 bridgehead atoms. The number of carbonyl (C=O) groups is 1. The van der Waals surface area contributed by atoms with Crippen molar-refractivity contribution >= 4 is 39.0 Å². The molecule has 0 saturated heterocycles. The van der Waals surface area contributed by atoms with Crippen molar-refractivity contribution in [1.29, 1.82) is 0 Å². The minimum Gasteiger partial charge on any atom is -0.339 e. The second-order valence-electron chi connectivity index (χ2n) is 7.88. The SMILES string of the molecule is Cc1cccc(NC(=O)c2cnn3c2NC(c2ccc(Br)cc2)=C[C@@H]3c2ccc(F)cc2)c1. The molecule has 2 N–H and O–H groups in total. The Morgan fingerprint density at radius 3 is 2.58 bits per heavy atom. The number of aryl methyl sites for hydroxylation is 1. The molecule has 1 aliphatic heterocycles. The van der Waals surface area contributed by atoms with Crippen LogP contribution in [-0.2, 0) is 0 Å². The fourth-order valence-corrected chi connectivity index (χ4v) is 4.14. The monoisotopic (exact) mass is 502 g/mol. The Labute approximate surface area is 199 Å². The summed E-state index contributed by atoms with van der Waals surface area (Å²) >= 11 is 3.47. The number of anilines is 2. The van der Waals surface area contributed by atoms with Crippen molar-refractivity contribution in [2.24, 2.45) is 0 Å². The highest BCUT2D eigenvalue weighted by molar-refractivity contribution is 9.10. The molecular formula is C26H20BrFN4O. The lowest BCUT2D eigenvalue weighted by atomic mass is 10.0. The van der Waals surface area contributed by atoms with Gasteiger partial charge in [0.1, 0.15) is 17.2 Å². The number of aromatic nitrogens is 2. The Morgan fingerprint density at radius 2 is 1.85 bits per heavy atom. The van der Waals surface area contributed by atoms with Crippen LogP contribution >= 0.6 is 15.9 Å². The zero-order chi connectivity index (χ0) is 22.9. The molecule has 0 radical (unpaired) electrons. The normalized spacial score (nSPS) is 14.8. The number of fused-ring (bicyclic) bond motifs is 1. The minimum atomic E-state index is -0.305. The molecule has 3 aromatic carbocycles. The summed E-state index contributed by atoms with van der Waals surface area (Å²) in [6.45, 7) is 1.97. The molecule has 2 heterocycles. The molecule has 1 aliphatic rings. The van der Waals surface area contributed by atoms with Crippen LogP contribution in [0.2, 0.25) is 0 Å². The molecule has 4 aromatic rings. The molecule has 164 valence electrons. The third kappa shape index (κ3) is 4.32. The number of benzene rings is 3. The van der Waals surface area contributed by atoms with E-state index in [4.69, 9.17) is 0 Å². The average molecular weight is 503 g/mol. The lowest BCUT2D eigenvalue weighted by molar-refractivity contribution is 0.102. The lowest BCUT2D eigenvalue weighted by Crippen LogP contribution is -2.22. The number of carbonyl (C=O) groups excluding carboxylic acids is 1. The van der Waals surface area contributed by atoms with E-state index < -0.39 is 0 Å². The van der Waals surface area contributed by atoms with Gasteiger partial charge in [0, 0.05) is 15.9 Å². The molecule has 0 unspecified atom stereocenters. The fraction of sp³-hybridized carbons (Fsp3) is 0.0769. The third-order valence-electron chi connectivity index (χ3n) is 5.52. The Hall–Kier alpha value is -3.71. The smallest absolute Gasteiger partial charge is 0.261 e. The van der Waals surface area contributed by atoms with E-state index in [0.29, 0.717) is 11.4 Å². The van der Waals surface area contributed by atoms with Crippen molar-refractivity contribution in [3.05, 3.63) is 118 Å². The van der Waals surface area contributed by atoms with Gasteiger partial charge >= 0.3 is 0 Å². The second-order valence-corrected chi connectivity index (χ2v) is 8.80. The van der Waals surface area contributed by atoms with E-state index in [0.717, 1.165) is 32.5 Å². The molecule has 5 rings (SSSR count). The molecule has 0 spiro atoms. The molecule has 7 heteroatoms. The molecule has 33 heavy (non-hydrogen) atoms. The summed E-state index contributed by atoms with van der Waals surface area (Å²) in [5.41, 5.74) is 4.86. The van der Waals surface area contributed by atoms with Crippen LogP contribution in [0.15, 0.2) is 89.5 Å². The van der Waals surface area contributed by atoms with E-state index in [9.17, 15) is 9.18 Å².